The molecule has 2 amide bonds. The van der Waals surface area contributed by atoms with E-state index in [2.05, 4.69) is 0 Å². The van der Waals surface area contributed by atoms with Gasteiger partial charge in [0.1, 0.15) is 11.6 Å². The second-order valence-electron chi connectivity index (χ2n) is 7.29. The van der Waals surface area contributed by atoms with Crippen LogP contribution in [0.5, 0.6) is 0 Å². The lowest BCUT2D eigenvalue weighted by atomic mass is 10.2. The van der Waals surface area contributed by atoms with Crippen LogP contribution in [-0.2, 0) is 14.3 Å². The van der Waals surface area contributed by atoms with Crippen molar-refractivity contribution in [3.05, 3.63) is 28.2 Å². The van der Waals surface area contributed by atoms with Crippen LogP contribution < -0.4 is 4.90 Å². The Labute approximate surface area is 170 Å². The van der Waals surface area contributed by atoms with Gasteiger partial charge < -0.3 is 14.4 Å². The molecule has 0 bridgehead atoms. The van der Waals surface area contributed by atoms with Crippen molar-refractivity contribution in [2.45, 2.75) is 45.8 Å². The first-order chi connectivity index (χ1) is 12.6. The van der Waals surface area contributed by atoms with Gasteiger partial charge in [-0.1, -0.05) is 23.2 Å². The maximum Gasteiger partial charge on any atom is 0.411 e. The van der Waals surface area contributed by atoms with Crippen molar-refractivity contribution in [2.75, 3.05) is 31.2 Å². The van der Waals surface area contributed by atoms with Crippen LogP contribution in [-0.4, -0.2) is 54.8 Å². The average Bonchev–Trinajstić information content (AvgIpc) is 2.73. The van der Waals surface area contributed by atoms with Gasteiger partial charge in [0.15, 0.2) is 0 Å². The molecule has 27 heavy (non-hydrogen) atoms. The van der Waals surface area contributed by atoms with E-state index in [0.717, 1.165) is 0 Å². The van der Waals surface area contributed by atoms with Crippen LogP contribution in [0.15, 0.2) is 18.2 Å². The van der Waals surface area contributed by atoms with Gasteiger partial charge in [0, 0.05) is 25.4 Å². The number of hydrogen-bond acceptors (Lipinski definition) is 4. The highest BCUT2D eigenvalue weighted by Crippen LogP contribution is 2.29. The highest BCUT2D eigenvalue weighted by Gasteiger charge is 2.38. The Hall–Kier alpha value is -1.50. The van der Waals surface area contributed by atoms with E-state index in [4.69, 9.17) is 32.7 Å². The number of ether oxygens (including phenoxy) is 2. The summed E-state index contributed by atoms with van der Waals surface area (Å²) in [6.45, 7) is 8.63. The predicted molar refractivity (Wildman–Crippen MR) is 107 cm³/mol. The van der Waals surface area contributed by atoms with Gasteiger partial charge in [-0.3, -0.25) is 9.69 Å². The smallest absolute Gasteiger partial charge is 0.411 e. The number of anilines is 1. The number of halogens is 2. The molecule has 1 heterocycles. The van der Waals surface area contributed by atoms with Crippen molar-refractivity contribution in [2.24, 2.45) is 0 Å². The van der Waals surface area contributed by atoms with E-state index in [1.54, 1.807) is 43.9 Å². The Morgan fingerprint density at radius 2 is 1.93 bits per heavy atom. The fourth-order valence-corrected chi connectivity index (χ4v) is 3.11. The summed E-state index contributed by atoms with van der Waals surface area (Å²) in [5.41, 5.74) is -0.00615. The number of rotatable bonds is 4. The molecule has 1 fully saturated rings. The van der Waals surface area contributed by atoms with Gasteiger partial charge in [-0.2, -0.15) is 0 Å². The number of hydrogen-bond donors (Lipinski definition) is 0. The summed E-state index contributed by atoms with van der Waals surface area (Å²) in [5.74, 6) is -0.231. The van der Waals surface area contributed by atoms with E-state index in [-0.39, 0.29) is 12.5 Å². The molecule has 1 aliphatic rings. The van der Waals surface area contributed by atoms with Gasteiger partial charge in [0.25, 0.3) is 5.91 Å². The molecule has 0 aromatic heterocycles. The first-order valence-corrected chi connectivity index (χ1v) is 9.73. The molecule has 1 aliphatic heterocycles. The fourth-order valence-electron chi connectivity index (χ4n) is 2.82. The van der Waals surface area contributed by atoms with Gasteiger partial charge in [-0.15, -0.1) is 0 Å². The fraction of sp³-hybridized carbons (Fsp3) is 0.579. The van der Waals surface area contributed by atoms with Crippen LogP contribution in [0, 0.1) is 0 Å². The van der Waals surface area contributed by atoms with Crippen molar-refractivity contribution >= 4 is 40.9 Å². The minimum Gasteiger partial charge on any atom is -0.444 e. The molecule has 0 aliphatic carbocycles. The maximum absolute atomic E-state index is 13.2. The molecule has 1 atom stereocenters. The zero-order valence-electron chi connectivity index (χ0n) is 16.1. The highest BCUT2D eigenvalue weighted by atomic mass is 35.5. The van der Waals surface area contributed by atoms with Crippen LogP contribution in [0.25, 0.3) is 0 Å². The van der Waals surface area contributed by atoms with E-state index < -0.39 is 17.7 Å². The molecule has 1 saturated heterocycles. The summed E-state index contributed by atoms with van der Waals surface area (Å²) < 4.78 is 11.0. The van der Waals surface area contributed by atoms with E-state index >= 15 is 0 Å². The Morgan fingerprint density at radius 3 is 2.52 bits per heavy atom. The van der Waals surface area contributed by atoms with Crippen molar-refractivity contribution in [3.8, 4) is 0 Å². The van der Waals surface area contributed by atoms with E-state index in [0.29, 0.717) is 41.8 Å². The first-order valence-electron chi connectivity index (χ1n) is 8.98. The van der Waals surface area contributed by atoms with Crippen molar-refractivity contribution in [1.82, 2.24) is 4.90 Å². The topological polar surface area (TPSA) is 59.1 Å². The molecule has 0 N–H and O–H groups in total. The summed E-state index contributed by atoms with van der Waals surface area (Å²) in [5, 5.41) is 0.792. The third-order valence-electron chi connectivity index (χ3n) is 4.03. The first kappa shape index (κ1) is 21.8. The van der Waals surface area contributed by atoms with Gasteiger partial charge in [-0.25, -0.2) is 4.79 Å². The molecular weight excluding hydrogens is 391 g/mol. The summed E-state index contributed by atoms with van der Waals surface area (Å²) in [7, 11) is 0. The SMILES string of the molecule is CCOCC1C(=O)N(c2ccc(Cl)c(Cl)c2)CCCN1C(=O)OC(C)(C)C. The lowest BCUT2D eigenvalue weighted by Gasteiger charge is -2.32. The Kier molecular flexibility index (Phi) is 7.37. The van der Waals surface area contributed by atoms with E-state index in [9.17, 15) is 9.59 Å². The number of benzene rings is 1. The Morgan fingerprint density at radius 1 is 1.22 bits per heavy atom. The molecule has 0 radical (unpaired) electrons. The molecule has 0 saturated carbocycles. The molecular formula is C19H26Cl2N2O4. The van der Waals surface area contributed by atoms with Gasteiger partial charge >= 0.3 is 6.09 Å². The van der Waals surface area contributed by atoms with Crippen LogP contribution in [0.3, 0.4) is 0 Å². The highest BCUT2D eigenvalue weighted by molar-refractivity contribution is 6.42. The number of carbonyl (C=O) groups is 2. The summed E-state index contributed by atoms with van der Waals surface area (Å²) in [6.07, 6.45) is 0.0879. The normalized spacial score (nSPS) is 18.4. The number of amides is 2. The van der Waals surface area contributed by atoms with Gasteiger partial charge in [-0.05, 0) is 52.3 Å². The van der Waals surface area contributed by atoms with Crippen LogP contribution in [0.2, 0.25) is 10.0 Å². The summed E-state index contributed by atoms with van der Waals surface area (Å²) >= 11 is 12.1. The van der Waals surface area contributed by atoms with Crippen molar-refractivity contribution in [1.29, 1.82) is 0 Å². The van der Waals surface area contributed by atoms with Gasteiger partial charge in [0.05, 0.1) is 16.7 Å². The number of nitrogens with zero attached hydrogens (tertiary/aromatic N) is 2. The minimum atomic E-state index is -0.767. The molecule has 6 nitrogen and oxygen atoms in total. The van der Waals surface area contributed by atoms with Crippen molar-refractivity contribution < 1.29 is 19.1 Å². The molecule has 2 rings (SSSR count). The Balaban J connectivity index is 2.31. The quantitative estimate of drug-likeness (QED) is 0.730. The van der Waals surface area contributed by atoms with E-state index in [1.165, 1.54) is 4.90 Å². The predicted octanol–water partition coefficient (Wildman–Crippen LogP) is 4.37. The minimum absolute atomic E-state index is 0.104. The molecule has 1 aromatic rings. The standard InChI is InChI=1S/C19H26Cl2N2O4/c1-5-26-12-16-17(24)22(13-7-8-14(20)15(21)11-13)9-6-10-23(16)18(25)27-19(2,3)4/h7-8,11,16H,5-6,9-10,12H2,1-4H3. The van der Waals surface area contributed by atoms with Crippen molar-refractivity contribution in [3.63, 3.8) is 0 Å². The third kappa shape index (κ3) is 5.74. The molecule has 1 unspecified atom stereocenters. The van der Waals surface area contributed by atoms with Crippen LogP contribution >= 0.6 is 23.2 Å². The largest absolute Gasteiger partial charge is 0.444 e. The molecule has 0 spiro atoms. The zero-order valence-corrected chi connectivity index (χ0v) is 17.6. The maximum atomic E-state index is 13.2. The average molecular weight is 417 g/mol. The van der Waals surface area contributed by atoms with E-state index in [1.807, 2.05) is 6.92 Å². The van der Waals surface area contributed by atoms with Crippen LogP contribution in [0.4, 0.5) is 10.5 Å². The van der Waals surface area contributed by atoms with Gasteiger partial charge in [0.2, 0.25) is 0 Å². The molecule has 150 valence electrons. The second-order valence-corrected chi connectivity index (χ2v) is 8.11. The van der Waals surface area contributed by atoms with Crippen LogP contribution in [0.1, 0.15) is 34.1 Å². The monoisotopic (exact) mass is 416 g/mol. The zero-order chi connectivity index (χ0) is 20.2. The summed E-state index contributed by atoms with van der Waals surface area (Å²) in [4.78, 5) is 29.0. The number of carbonyl (C=O) groups excluding carboxylic acids is 2. The lowest BCUT2D eigenvalue weighted by Crippen LogP contribution is -2.52. The molecule has 8 heteroatoms. The Bertz CT molecular complexity index is 691. The molecule has 1 aromatic carbocycles. The third-order valence-corrected chi connectivity index (χ3v) is 4.77. The second kappa shape index (κ2) is 9.13. The lowest BCUT2D eigenvalue weighted by molar-refractivity contribution is -0.125. The summed E-state index contributed by atoms with van der Waals surface area (Å²) in [6, 6.07) is 4.28.